The summed E-state index contributed by atoms with van der Waals surface area (Å²) < 4.78 is 5.19. The van der Waals surface area contributed by atoms with Crippen LogP contribution in [0.15, 0.2) is 72.1 Å². The quantitative estimate of drug-likeness (QED) is 0.630. The highest BCUT2D eigenvalue weighted by Gasteiger charge is 2.19. The maximum Gasteiger partial charge on any atom is 0.275 e. The molecule has 0 aliphatic carbocycles. The Balaban J connectivity index is 1.62. The van der Waals surface area contributed by atoms with Crippen molar-refractivity contribution in [3.63, 3.8) is 0 Å². The molecule has 0 radical (unpaired) electrons. The van der Waals surface area contributed by atoms with E-state index < -0.39 is 0 Å². The molecular formula is C22H25N2O2S+. The summed E-state index contributed by atoms with van der Waals surface area (Å²) in [4.78, 5) is 15.0. The number of nitrogens with one attached hydrogen (secondary N) is 2. The summed E-state index contributed by atoms with van der Waals surface area (Å²) >= 11 is 1.66. The lowest BCUT2D eigenvalue weighted by Crippen LogP contribution is -3.08. The SMILES string of the molecule is COc1ccc(C[NH+](C)CC(=O)N[C@@H](c2ccccc2)c2cccs2)cc1. The first kappa shape index (κ1) is 19.1. The molecule has 0 saturated carbocycles. The highest BCUT2D eigenvalue weighted by Crippen LogP contribution is 2.25. The molecule has 0 bridgehead atoms. The van der Waals surface area contributed by atoms with Gasteiger partial charge in [0.15, 0.2) is 6.54 Å². The smallest absolute Gasteiger partial charge is 0.275 e. The van der Waals surface area contributed by atoms with E-state index in [0.29, 0.717) is 6.54 Å². The van der Waals surface area contributed by atoms with Gasteiger partial charge < -0.3 is 15.0 Å². The second-order valence-electron chi connectivity index (χ2n) is 6.59. The molecule has 0 aliphatic rings. The molecule has 0 saturated heterocycles. The van der Waals surface area contributed by atoms with E-state index in [-0.39, 0.29) is 11.9 Å². The van der Waals surface area contributed by atoms with Gasteiger partial charge in [0.05, 0.1) is 20.2 Å². The van der Waals surface area contributed by atoms with E-state index in [1.807, 2.05) is 61.0 Å². The molecule has 3 aromatic rings. The van der Waals surface area contributed by atoms with Crippen molar-refractivity contribution in [2.75, 3.05) is 20.7 Å². The van der Waals surface area contributed by atoms with Crippen LogP contribution < -0.4 is 15.0 Å². The van der Waals surface area contributed by atoms with Gasteiger partial charge in [0.1, 0.15) is 12.3 Å². The fraction of sp³-hybridized carbons (Fsp3) is 0.227. The topological polar surface area (TPSA) is 42.8 Å². The van der Waals surface area contributed by atoms with Gasteiger partial charge in [-0.1, -0.05) is 36.4 Å². The van der Waals surface area contributed by atoms with Crippen molar-refractivity contribution in [2.24, 2.45) is 0 Å². The van der Waals surface area contributed by atoms with Crippen LogP contribution in [0, 0.1) is 0 Å². The van der Waals surface area contributed by atoms with Crippen LogP contribution >= 0.6 is 11.3 Å². The van der Waals surface area contributed by atoms with Crippen LogP contribution in [0.5, 0.6) is 5.75 Å². The second kappa shape index (κ2) is 9.35. The van der Waals surface area contributed by atoms with Gasteiger partial charge in [-0.15, -0.1) is 11.3 Å². The standard InChI is InChI=1S/C22H24N2O2S/c1-24(15-17-10-12-19(26-2)13-11-17)16-21(25)23-22(20-9-6-14-27-20)18-7-4-3-5-8-18/h3-14,22H,15-16H2,1-2H3,(H,23,25)/p+1/t22-/m0/s1. The minimum atomic E-state index is -0.104. The second-order valence-corrected chi connectivity index (χ2v) is 7.56. The van der Waals surface area contributed by atoms with Crippen LogP contribution in [0.4, 0.5) is 0 Å². The molecule has 0 fully saturated rings. The lowest BCUT2D eigenvalue weighted by atomic mass is 10.1. The molecule has 4 nitrogen and oxygen atoms in total. The number of carbonyl (C=O) groups is 1. The van der Waals surface area contributed by atoms with Crippen LogP contribution in [-0.2, 0) is 11.3 Å². The van der Waals surface area contributed by atoms with Crippen LogP contribution in [0.2, 0.25) is 0 Å². The summed E-state index contributed by atoms with van der Waals surface area (Å²) in [5.41, 5.74) is 2.28. The number of hydrogen-bond acceptors (Lipinski definition) is 3. The maximum atomic E-state index is 12.7. The fourth-order valence-electron chi connectivity index (χ4n) is 3.06. The molecular weight excluding hydrogens is 356 g/mol. The predicted octanol–water partition coefficient (Wildman–Crippen LogP) is 2.68. The number of benzene rings is 2. The maximum absolute atomic E-state index is 12.7. The average Bonchev–Trinajstić information content (AvgIpc) is 3.22. The number of ether oxygens (including phenoxy) is 1. The molecule has 1 unspecified atom stereocenters. The Hall–Kier alpha value is -2.63. The number of rotatable bonds is 8. The van der Waals surface area contributed by atoms with Crippen LogP contribution in [0.1, 0.15) is 22.0 Å². The third-order valence-electron chi connectivity index (χ3n) is 4.39. The normalized spacial score (nSPS) is 13.0. The zero-order valence-corrected chi connectivity index (χ0v) is 16.5. The fourth-order valence-corrected chi connectivity index (χ4v) is 3.86. The van der Waals surface area contributed by atoms with E-state index >= 15 is 0 Å². The Morgan fingerprint density at radius 3 is 2.44 bits per heavy atom. The average molecular weight is 382 g/mol. The Morgan fingerprint density at radius 2 is 1.81 bits per heavy atom. The summed E-state index contributed by atoms with van der Waals surface area (Å²) in [6, 6.07) is 22.1. The van der Waals surface area contributed by atoms with Crippen LogP contribution in [0.3, 0.4) is 0 Å². The van der Waals surface area contributed by atoms with Gasteiger partial charge in [0, 0.05) is 10.4 Å². The van der Waals surface area contributed by atoms with E-state index in [1.54, 1.807) is 18.4 Å². The summed E-state index contributed by atoms with van der Waals surface area (Å²) in [5.74, 6) is 0.888. The molecule has 2 atom stereocenters. The minimum absolute atomic E-state index is 0.0447. The van der Waals surface area contributed by atoms with Gasteiger partial charge in [0.2, 0.25) is 0 Å². The molecule has 0 aliphatic heterocycles. The lowest BCUT2D eigenvalue weighted by molar-refractivity contribution is -0.885. The molecule has 1 heterocycles. The van der Waals surface area contributed by atoms with E-state index in [4.69, 9.17) is 4.74 Å². The number of carbonyl (C=O) groups excluding carboxylic acids is 1. The van der Waals surface area contributed by atoms with Gasteiger partial charge in [-0.05, 0) is 41.3 Å². The molecule has 2 N–H and O–H groups in total. The Bertz CT molecular complexity index is 833. The van der Waals surface area contributed by atoms with E-state index in [0.717, 1.165) is 27.6 Å². The van der Waals surface area contributed by atoms with Crippen molar-refractivity contribution < 1.29 is 14.4 Å². The van der Waals surface area contributed by atoms with Gasteiger partial charge in [-0.3, -0.25) is 4.79 Å². The number of methoxy groups -OCH3 is 1. The highest BCUT2D eigenvalue weighted by atomic mass is 32.1. The number of hydrogen-bond donors (Lipinski definition) is 2. The van der Waals surface area contributed by atoms with E-state index in [2.05, 4.69) is 23.5 Å². The van der Waals surface area contributed by atoms with Crippen molar-refractivity contribution in [1.82, 2.24) is 5.32 Å². The molecule has 27 heavy (non-hydrogen) atoms. The Morgan fingerprint density at radius 1 is 1.07 bits per heavy atom. The van der Waals surface area contributed by atoms with Crippen molar-refractivity contribution in [3.8, 4) is 5.75 Å². The third kappa shape index (κ3) is 5.42. The zero-order valence-electron chi connectivity index (χ0n) is 15.6. The first-order valence-electron chi connectivity index (χ1n) is 8.97. The van der Waals surface area contributed by atoms with Gasteiger partial charge in [-0.2, -0.15) is 0 Å². The van der Waals surface area contributed by atoms with Gasteiger partial charge in [0.25, 0.3) is 5.91 Å². The third-order valence-corrected chi connectivity index (χ3v) is 5.33. The number of thiophene rings is 1. The molecule has 2 aromatic carbocycles. The molecule has 5 heteroatoms. The van der Waals surface area contributed by atoms with E-state index in [1.165, 1.54) is 5.56 Å². The van der Waals surface area contributed by atoms with Crippen molar-refractivity contribution in [3.05, 3.63) is 88.1 Å². The van der Waals surface area contributed by atoms with Crippen molar-refractivity contribution in [1.29, 1.82) is 0 Å². The Kier molecular flexibility index (Phi) is 6.63. The largest absolute Gasteiger partial charge is 0.497 e. The summed E-state index contributed by atoms with van der Waals surface area (Å²) in [6.07, 6.45) is 0. The number of amides is 1. The van der Waals surface area contributed by atoms with Crippen LogP contribution in [0.25, 0.3) is 0 Å². The molecule has 0 spiro atoms. The minimum Gasteiger partial charge on any atom is -0.497 e. The highest BCUT2D eigenvalue weighted by molar-refractivity contribution is 7.10. The van der Waals surface area contributed by atoms with Crippen molar-refractivity contribution in [2.45, 2.75) is 12.6 Å². The number of quaternary nitrogens is 1. The van der Waals surface area contributed by atoms with Crippen LogP contribution in [-0.4, -0.2) is 26.6 Å². The van der Waals surface area contributed by atoms with Gasteiger partial charge >= 0.3 is 0 Å². The van der Waals surface area contributed by atoms with Crippen molar-refractivity contribution >= 4 is 17.2 Å². The molecule has 1 aromatic heterocycles. The first-order chi connectivity index (χ1) is 13.2. The molecule has 1 amide bonds. The zero-order chi connectivity index (χ0) is 19.1. The van der Waals surface area contributed by atoms with E-state index in [9.17, 15) is 4.79 Å². The van der Waals surface area contributed by atoms with Gasteiger partial charge in [-0.25, -0.2) is 0 Å². The molecule has 140 valence electrons. The first-order valence-corrected chi connectivity index (χ1v) is 9.85. The monoisotopic (exact) mass is 381 g/mol. The number of likely N-dealkylation sites (N-methyl/N-ethyl adjacent to an activating group) is 1. The summed E-state index contributed by atoms with van der Waals surface area (Å²) in [6.45, 7) is 1.20. The lowest BCUT2D eigenvalue weighted by Gasteiger charge is -2.20. The molecule has 3 rings (SSSR count). The Labute approximate surface area is 164 Å². The summed E-state index contributed by atoms with van der Waals surface area (Å²) in [7, 11) is 3.69. The predicted molar refractivity (Wildman–Crippen MR) is 109 cm³/mol. The summed E-state index contributed by atoms with van der Waals surface area (Å²) in [5, 5.41) is 5.24.